The van der Waals surface area contributed by atoms with Crippen LogP contribution in [0.2, 0.25) is 0 Å². The van der Waals surface area contributed by atoms with Gasteiger partial charge in [-0.1, -0.05) is 0 Å². The quantitative estimate of drug-likeness (QED) is 0.623. The number of aromatic nitrogens is 2. The number of nitrogens with zero attached hydrogens (tertiary/aromatic N) is 4. The van der Waals surface area contributed by atoms with Crippen LogP contribution in [0.5, 0.6) is 0 Å². The van der Waals surface area contributed by atoms with Gasteiger partial charge < -0.3 is 20.7 Å². The Morgan fingerprint density at radius 2 is 1.83 bits per heavy atom. The topological polar surface area (TPSA) is 94.4 Å². The van der Waals surface area contributed by atoms with Crippen LogP contribution in [0.15, 0.2) is 6.07 Å². The predicted octanol–water partition coefficient (Wildman–Crippen LogP) is -0.223. The van der Waals surface area contributed by atoms with Gasteiger partial charge in [0.05, 0.1) is 0 Å². The monoisotopic (exact) mass is 296 g/mol. The zero-order valence-electron chi connectivity index (χ0n) is 10.0. The minimum Gasteiger partial charge on any atom is -0.423 e. The molecule has 1 aliphatic heterocycles. The van der Waals surface area contributed by atoms with Crippen LogP contribution < -0.4 is 16.3 Å². The standard InChI is InChI=1S/C9H16N6O.2ClH/c1-13-2-4-14(5-3-13)8-6-7(10)15(16)9(11)12-8;;/h6,11,16H,2-5,10H2,1H3;2*1H. The lowest BCUT2D eigenvalue weighted by atomic mass is 10.3. The van der Waals surface area contributed by atoms with Crippen molar-refractivity contribution >= 4 is 36.4 Å². The first kappa shape index (κ1) is 16.8. The second-order valence-electron chi connectivity index (χ2n) is 3.96. The van der Waals surface area contributed by atoms with Gasteiger partial charge in [-0.05, 0) is 7.05 Å². The van der Waals surface area contributed by atoms with Gasteiger partial charge in [0.15, 0.2) is 0 Å². The molecular formula is C9H18Cl2N6O. The van der Waals surface area contributed by atoms with Gasteiger partial charge in [-0.15, -0.1) is 29.5 Å². The molecule has 0 aromatic carbocycles. The fourth-order valence-electron chi connectivity index (χ4n) is 1.70. The highest BCUT2D eigenvalue weighted by Gasteiger charge is 2.16. The molecule has 0 unspecified atom stereocenters. The van der Waals surface area contributed by atoms with Crippen molar-refractivity contribution in [3.63, 3.8) is 0 Å². The number of hydrogen-bond acceptors (Lipinski definition) is 6. The molecule has 0 aliphatic carbocycles. The molecule has 1 aromatic rings. The van der Waals surface area contributed by atoms with Crippen LogP contribution >= 0.6 is 24.8 Å². The largest absolute Gasteiger partial charge is 0.423 e. The molecule has 2 heterocycles. The molecule has 1 fully saturated rings. The zero-order chi connectivity index (χ0) is 11.7. The molecule has 1 saturated heterocycles. The van der Waals surface area contributed by atoms with Crippen LogP contribution in [-0.4, -0.2) is 53.0 Å². The molecule has 104 valence electrons. The summed E-state index contributed by atoms with van der Waals surface area (Å²) in [5, 5.41) is 16.7. The van der Waals surface area contributed by atoms with Gasteiger partial charge in [0.25, 0.3) is 5.62 Å². The van der Waals surface area contributed by atoms with E-state index in [0.29, 0.717) is 10.5 Å². The van der Waals surface area contributed by atoms with Crippen molar-refractivity contribution in [2.24, 2.45) is 0 Å². The normalized spacial score (nSPS) is 15.7. The minimum absolute atomic E-state index is 0. The maximum atomic E-state index is 9.29. The van der Waals surface area contributed by atoms with Crippen molar-refractivity contribution in [2.45, 2.75) is 0 Å². The molecule has 0 atom stereocenters. The highest BCUT2D eigenvalue weighted by Crippen LogP contribution is 2.13. The van der Waals surface area contributed by atoms with Crippen LogP contribution in [0, 0.1) is 5.41 Å². The summed E-state index contributed by atoms with van der Waals surface area (Å²) in [5.74, 6) is 0.787. The Labute approximate surface area is 117 Å². The lowest BCUT2D eigenvalue weighted by molar-refractivity contribution is 0.171. The molecule has 7 nitrogen and oxygen atoms in total. The molecular weight excluding hydrogens is 279 g/mol. The van der Waals surface area contributed by atoms with Crippen LogP contribution in [0.1, 0.15) is 0 Å². The van der Waals surface area contributed by atoms with Crippen molar-refractivity contribution < 1.29 is 5.21 Å². The predicted molar refractivity (Wildman–Crippen MR) is 73.9 cm³/mol. The van der Waals surface area contributed by atoms with Crippen LogP contribution in [0.25, 0.3) is 0 Å². The number of piperazine rings is 1. The summed E-state index contributed by atoms with van der Waals surface area (Å²) in [7, 11) is 2.07. The Bertz CT molecular complexity index is 443. The summed E-state index contributed by atoms with van der Waals surface area (Å²) in [6.07, 6.45) is 0. The number of nitrogens with two attached hydrogens (primary N) is 1. The number of halogens is 2. The number of nitrogen functional groups attached to an aromatic ring is 1. The smallest absolute Gasteiger partial charge is 0.259 e. The summed E-state index contributed by atoms with van der Waals surface area (Å²) in [4.78, 5) is 8.29. The van der Waals surface area contributed by atoms with E-state index in [1.165, 1.54) is 0 Å². The summed E-state index contributed by atoms with van der Waals surface area (Å²) in [6.45, 7) is 3.64. The molecule has 0 radical (unpaired) electrons. The lowest BCUT2D eigenvalue weighted by Crippen LogP contribution is -2.45. The van der Waals surface area contributed by atoms with E-state index in [4.69, 9.17) is 11.1 Å². The average Bonchev–Trinajstić information content (AvgIpc) is 2.26. The second-order valence-corrected chi connectivity index (χ2v) is 3.96. The van der Waals surface area contributed by atoms with Gasteiger partial charge in [-0.3, -0.25) is 5.41 Å². The highest BCUT2D eigenvalue weighted by atomic mass is 35.5. The third kappa shape index (κ3) is 3.41. The number of hydrogen-bond donors (Lipinski definition) is 3. The molecule has 1 aliphatic rings. The molecule has 0 spiro atoms. The van der Waals surface area contributed by atoms with E-state index in [1.54, 1.807) is 6.07 Å². The summed E-state index contributed by atoms with van der Waals surface area (Å²) < 4.78 is 0.569. The van der Waals surface area contributed by atoms with Crippen LogP contribution in [-0.2, 0) is 0 Å². The number of rotatable bonds is 1. The molecule has 4 N–H and O–H groups in total. The number of anilines is 2. The number of likely N-dealkylation sites (N-methyl/N-ethyl adjacent to an activating group) is 1. The van der Waals surface area contributed by atoms with E-state index >= 15 is 0 Å². The van der Waals surface area contributed by atoms with E-state index < -0.39 is 0 Å². The molecule has 2 rings (SSSR count). The molecule has 0 saturated carbocycles. The summed E-state index contributed by atoms with van der Waals surface area (Å²) >= 11 is 0. The molecule has 9 heteroatoms. The van der Waals surface area contributed by atoms with Gasteiger partial charge in [0, 0.05) is 32.2 Å². The zero-order valence-corrected chi connectivity index (χ0v) is 11.7. The SMILES string of the molecule is CN1CCN(c2cc(N)n(O)c(=N)n2)CC1.Cl.Cl. The first-order valence-electron chi connectivity index (χ1n) is 5.15. The number of nitrogens with one attached hydrogen (secondary N) is 1. The molecule has 0 bridgehead atoms. The fraction of sp³-hybridized carbons (Fsp3) is 0.556. The van der Waals surface area contributed by atoms with Crippen molar-refractivity contribution in [1.82, 2.24) is 14.6 Å². The third-order valence-corrected chi connectivity index (χ3v) is 2.77. The Hall–Kier alpha value is -1.18. The van der Waals surface area contributed by atoms with Crippen LogP contribution in [0.4, 0.5) is 11.6 Å². The Kier molecular flexibility index (Phi) is 6.23. The fourth-order valence-corrected chi connectivity index (χ4v) is 1.70. The van der Waals surface area contributed by atoms with E-state index in [-0.39, 0.29) is 36.3 Å². The van der Waals surface area contributed by atoms with Crippen LogP contribution in [0.3, 0.4) is 0 Å². The van der Waals surface area contributed by atoms with Gasteiger partial charge in [-0.2, -0.15) is 4.98 Å². The Morgan fingerprint density at radius 3 is 2.33 bits per heavy atom. The molecule has 0 amide bonds. The molecule has 1 aromatic heterocycles. The summed E-state index contributed by atoms with van der Waals surface area (Å²) in [6, 6.07) is 1.59. The van der Waals surface area contributed by atoms with Gasteiger partial charge in [0.1, 0.15) is 11.6 Å². The lowest BCUT2D eigenvalue weighted by Gasteiger charge is -2.33. The van der Waals surface area contributed by atoms with Gasteiger partial charge in [-0.25, -0.2) is 0 Å². The first-order valence-corrected chi connectivity index (χ1v) is 5.15. The maximum Gasteiger partial charge on any atom is 0.259 e. The average molecular weight is 297 g/mol. The van der Waals surface area contributed by atoms with E-state index in [1.807, 2.05) is 0 Å². The van der Waals surface area contributed by atoms with Crippen molar-refractivity contribution in [3.8, 4) is 0 Å². The van der Waals surface area contributed by atoms with E-state index in [0.717, 1.165) is 26.2 Å². The third-order valence-electron chi connectivity index (χ3n) is 2.77. The van der Waals surface area contributed by atoms with E-state index in [2.05, 4.69) is 21.8 Å². The van der Waals surface area contributed by atoms with E-state index in [9.17, 15) is 5.21 Å². The maximum absolute atomic E-state index is 9.29. The van der Waals surface area contributed by atoms with Crippen molar-refractivity contribution in [2.75, 3.05) is 43.9 Å². The summed E-state index contributed by atoms with van der Waals surface area (Å²) in [5.41, 5.74) is 5.33. The highest BCUT2D eigenvalue weighted by molar-refractivity contribution is 5.85. The van der Waals surface area contributed by atoms with Gasteiger partial charge in [0.2, 0.25) is 0 Å². The minimum atomic E-state index is -0.242. The molecule has 18 heavy (non-hydrogen) atoms. The Morgan fingerprint density at radius 1 is 1.28 bits per heavy atom. The Balaban J connectivity index is 0.00000144. The van der Waals surface area contributed by atoms with Crippen molar-refractivity contribution in [3.05, 3.63) is 11.7 Å². The second kappa shape index (κ2) is 6.67. The van der Waals surface area contributed by atoms with Gasteiger partial charge >= 0.3 is 0 Å². The first-order chi connectivity index (χ1) is 7.58. The van der Waals surface area contributed by atoms with Crippen molar-refractivity contribution in [1.29, 1.82) is 5.41 Å².